The number of amides is 4. The molecule has 12 aromatic heterocycles. The summed E-state index contributed by atoms with van der Waals surface area (Å²) in [5, 5.41) is 91.1. The van der Waals surface area contributed by atoms with Crippen molar-refractivity contribution < 1.29 is 47.3 Å². The third-order valence-corrected chi connectivity index (χ3v) is 29.9. The van der Waals surface area contributed by atoms with E-state index < -0.39 is 36.8 Å². The van der Waals surface area contributed by atoms with Gasteiger partial charge >= 0.3 is 6.18 Å². The number of hydrogen-bond donors (Lipinski definition) is 2. The summed E-state index contributed by atoms with van der Waals surface area (Å²) in [5.74, 6) is 2.04. The molecule has 0 bridgehead atoms. The number of aliphatic hydroxyl groups is 2. The van der Waals surface area contributed by atoms with Crippen molar-refractivity contribution in [2.75, 3.05) is 87.3 Å². The smallest absolute Gasteiger partial charge is 0.408 e. The fraction of sp³-hybridized carbons (Fsp3) is 0.510. The molecule has 13 atom stereocenters. The first-order valence-electron chi connectivity index (χ1n) is 49.5. The van der Waals surface area contributed by atoms with Gasteiger partial charge in [-0.25, -0.2) is 47.7 Å². The van der Waals surface area contributed by atoms with Crippen molar-refractivity contribution in [1.82, 2.24) is 112 Å². The summed E-state index contributed by atoms with van der Waals surface area (Å²) in [6, 6.07) is 24.6. The van der Waals surface area contributed by atoms with Gasteiger partial charge in [-0.1, -0.05) is 37.0 Å². The number of aliphatic hydroxyl groups excluding tert-OH is 2. The summed E-state index contributed by atoms with van der Waals surface area (Å²) in [5.41, 5.74) is 12.7. The summed E-state index contributed by atoms with van der Waals surface area (Å²) >= 11 is 12.8. The average Bonchev–Trinajstić information content (AvgIpc) is 1.63. The Hall–Kier alpha value is -13.9. The zero-order chi connectivity index (χ0) is 102. The number of methoxy groups -OCH3 is 1. The number of rotatable bonds is 16. The summed E-state index contributed by atoms with van der Waals surface area (Å²) in [7, 11) is 1.57. The highest BCUT2D eigenvalue weighted by molar-refractivity contribution is 6.34. The number of carbonyl (C=O) groups is 4. The molecule has 7 aliphatic heterocycles. The summed E-state index contributed by atoms with van der Waals surface area (Å²) < 4.78 is 55.5. The second-order valence-electron chi connectivity index (χ2n) is 40.0. The lowest BCUT2D eigenvalue weighted by molar-refractivity contribution is -0.142. The number of aromatic nitrogens is 19. The second-order valence-corrected chi connectivity index (χ2v) is 40.8. The van der Waals surface area contributed by atoms with Gasteiger partial charge in [0.2, 0.25) is 0 Å². The van der Waals surface area contributed by atoms with Crippen molar-refractivity contribution in [3.8, 4) is 30.0 Å². The Bertz CT molecular complexity index is 7190. The van der Waals surface area contributed by atoms with E-state index in [0.717, 1.165) is 169 Å². The zero-order valence-electron chi connectivity index (χ0n) is 82.4. The molecule has 1 unspecified atom stereocenters. The Morgan fingerprint density at radius 2 is 0.931 bits per heavy atom. The van der Waals surface area contributed by atoms with Crippen LogP contribution in [0.5, 0.6) is 5.75 Å². The van der Waals surface area contributed by atoms with Crippen LogP contribution in [-0.2, 0) is 6.54 Å². The first-order chi connectivity index (χ1) is 69.1. The Morgan fingerprint density at radius 3 is 1.38 bits per heavy atom. The van der Waals surface area contributed by atoms with E-state index >= 15 is 0 Å². The molecule has 42 heteroatoms. The van der Waals surface area contributed by atoms with Gasteiger partial charge in [0.15, 0.2) is 28.2 Å². The molecule has 8 fully saturated rings. The van der Waals surface area contributed by atoms with Gasteiger partial charge in [-0.2, -0.15) is 69.9 Å². The number of nitrogens with zero attached hydrogens (tertiary/aromatic N) is 30. The van der Waals surface area contributed by atoms with Crippen LogP contribution in [0.3, 0.4) is 0 Å². The lowest BCUT2D eigenvalue weighted by Gasteiger charge is -2.35. The second kappa shape index (κ2) is 41.8. The number of anilines is 3. The Balaban J connectivity index is 0.000000126. The number of hydrogen-bond acceptors (Lipinski definition) is 26. The van der Waals surface area contributed by atoms with E-state index in [-0.39, 0.29) is 89.3 Å². The van der Waals surface area contributed by atoms with Gasteiger partial charge in [-0.3, -0.25) is 28.5 Å². The van der Waals surface area contributed by atoms with Crippen molar-refractivity contribution >= 4 is 97.9 Å². The highest BCUT2D eigenvalue weighted by Gasteiger charge is 2.43. The number of alkyl halides is 3. The molecule has 0 radical (unpaired) electrons. The standard InChI is InChI=1S/C28H32N8O2.C26H29ClN6O2.C24H29ClN8O2.C24H27F3N8O/c1-16(2)36-27-20(14-31-36)9-21(13-30-27)28(38)34-7-5-4-6-23(34)22-11-25-32-26(17(3)15-35(25)33-22)18-8-19(12-29)24(37)10-18;1-16-13-31(15-18(16)12-28)25-17(2)14-33-24(29-25)11-22(30-33)23-6-4-5-9-32(23)26(34)20-10-19(35-3)7-8-21(20)27;1-14(2)33-22(17(25)10-27-33)24(35)31-7-5-4-6-19(31)18-8-21-28-23(15(3)11-32(21)29-18)30-12-16(9-26)20(34)13-30;1-15-11-32(13-17(15)10-28)22-16(2)12-34-21(30-22)9-18(31-34)19-5-3-4-8-33(19)23(36)20-6-7-29-35(20)14-24(25,26)27/h9,11,13-16,18-19,23-24,37H,4-8,10H2,1-3H3;7-8,10-11,14,16,18,23H,4-6,9,13,15H2,1-3H3;8,10-11,14,16,19-20,34H,4-7,12-13H2,1-3H3;6-7,9,12,15,17,19H,3-5,8,11,13-14H2,1-2H3/t18?,19-,23-,24-;16-,18+,23-;16-,19+,20+;15-,17+,19-/m0010/s1. The molecule has 21 rings (SSSR count). The van der Waals surface area contributed by atoms with Crippen LogP contribution in [0.15, 0.2) is 104 Å². The normalized spacial score (nSPS) is 23.0. The molecule has 1 aliphatic carbocycles. The minimum absolute atomic E-state index is 0.00946. The molecule has 0 spiro atoms. The van der Waals surface area contributed by atoms with Gasteiger partial charge < -0.3 is 49.2 Å². The van der Waals surface area contributed by atoms with Crippen molar-refractivity contribution in [3.63, 3.8) is 0 Å². The number of pyridine rings is 1. The number of aryl methyl sites for hydroxylation is 4. The monoisotopic (exact) mass is 2000 g/mol. The predicted octanol–water partition coefficient (Wildman–Crippen LogP) is 15.7. The number of β-amino-alcohol motifs (C(OH)–C–C–N with tert-alkyl or cyclic N) is 1. The Labute approximate surface area is 840 Å². The van der Waals surface area contributed by atoms with E-state index in [2.05, 4.69) is 82.1 Å². The van der Waals surface area contributed by atoms with Gasteiger partial charge in [0.1, 0.15) is 41.1 Å². The first-order valence-corrected chi connectivity index (χ1v) is 50.3. The van der Waals surface area contributed by atoms with Crippen LogP contribution in [0, 0.1) is 109 Å². The molecular weight excluding hydrogens is 1890 g/mol. The van der Waals surface area contributed by atoms with E-state index in [4.69, 9.17) is 68.3 Å². The molecule has 37 nitrogen and oxygen atoms in total. The molecule has 7 saturated heterocycles. The number of likely N-dealkylation sites (tertiary alicyclic amines) is 4. The van der Waals surface area contributed by atoms with Crippen molar-refractivity contribution in [2.24, 2.45) is 35.5 Å². The number of benzene rings is 1. The van der Waals surface area contributed by atoms with Crippen molar-refractivity contribution in [1.29, 1.82) is 21.0 Å². The highest BCUT2D eigenvalue weighted by atomic mass is 35.5. The van der Waals surface area contributed by atoms with Gasteiger partial charge in [0.25, 0.3) is 23.6 Å². The molecule has 1 saturated carbocycles. The number of carbonyl (C=O) groups excluding carboxylic acids is 4. The van der Waals surface area contributed by atoms with E-state index in [1.165, 1.54) is 18.5 Å². The number of nitriles is 4. The predicted molar refractivity (Wildman–Crippen MR) is 529 cm³/mol. The van der Waals surface area contributed by atoms with Crippen LogP contribution in [0.4, 0.5) is 30.6 Å². The maximum absolute atomic E-state index is 13.7. The minimum atomic E-state index is -4.48. The van der Waals surface area contributed by atoms with E-state index in [1.807, 2.05) is 121 Å². The molecular formula is C102H117Cl2F3N30O7. The maximum atomic E-state index is 13.7. The number of ether oxygens (including phenoxy) is 1. The van der Waals surface area contributed by atoms with E-state index in [1.54, 1.807) is 65.3 Å². The van der Waals surface area contributed by atoms with Crippen molar-refractivity contribution in [3.05, 3.63) is 187 Å². The van der Waals surface area contributed by atoms with E-state index in [0.29, 0.717) is 132 Å². The quantitative estimate of drug-likeness (QED) is 0.0907. The van der Waals surface area contributed by atoms with Crippen LogP contribution < -0.4 is 19.4 Å². The lowest BCUT2D eigenvalue weighted by atomic mass is 9.98. The molecule has 13 aromatic rings. The van der Waals surface area contributed by atoms with Crippen molar-refractivity contribution in [2.45, 2.75) is 226 Å². The Morgan fingerprint density at radius 1 is 0.486 bits per heavy atom. The molecule has 1 aromatic carbocycles. The van der Waals surface area contributed by atoms with Gasteiger partial charge in [0.05, 0.1) is 153 Å². The van der Waals surface area contributed by atoms with Crippen LogP contribution in [0.25, 0.3) is 33.6 Å². The van der Waals surface area contributed by atoms with Crippen LogP contribution in [0.1, 0.15) is 266 Å². The fourth-order valence-electron chi connectivity index (χ4n) is 21.7. The third kappa shape index (κ3) is 20.3. The molecule has 752 valence electrons. The summed E-state index contributed by atoms with van der Waals surface area (Å²) in [6.45, 7) is 24.9. The molecule has 19 heterocycles. The third-order valence-electron chi connectivity index (χ3n) is 29.3. The number of piperidine rings is 4. The number of fused-ring (bicyclic) bond motifs is 5. The first kappa shape index (κ1) is 100. The largest absolute Gasteiger partial charge is 0.497 e. The van der Waals surface area contributed by atoms with Gasteiger partial charge in [-0.15, -0.1) is 0 Å². The van der Waals surface area contributed by atoms with Crippen LogP contribution in [-0.4, -0.2) is 237 Å². The fourth-order valence-corrected chi connectivity index (χ4v) is 22.1. The average molecular weight is 2000 g/mol. The molecule has 8 aliphatic rings. The summed E-state index contributed by atoms with van der Waals surface area (Å²) in [4.78, 5) is 91.8. The number of halogens is 5. The zero-order valence-corrected chi connectivity index (χ0v) is 83.9. The molecule has 2 N–H and O–H groups in total. The van der Waals surface area contributed by atoms with Gasteiger partial charge in [-0.05, 0) is 193 Å². The summed E-state index contributed by atoms with van der Waals surface area (Å²) in [6.07, 6.45) is 19.9. The molecule has 4 amide bonds. The van der Waals surface area contributed by atoms with Crippen LogP contribution >= 0.6 is 23.2 Å². The van der Waals surface area contributed by atoms with Crippen LogP contribution in [0.2, 0.25) is 10.0 Å². The Kier molecular flexibility index (Phi) is 29.1. The highest BCUT2D eigenvalue weighted by Crippen LogP contribution is 2.44. The van der Waals surface area contributed by atoms with Gasteiger partial charge in [0, 0.05) is 167 Å². The molecule has 144 heavy (non-hydrogen) atoms. The van der Waals surface area contributed by atoms with E-state index in [9.17, 15) is 63.6 Å². The SMILES string of the molecule is COc1ccc(Cl)c(C(=O)N2CCCC[C@H]2c2cc3nc(N4C[C@@H](C#N)[C@@H](C)C4)c(C)cn3n2)c1.Cc1cn2nc([C@@H]3CCCCN3C(=O)c3c(Cl)cnn3C(C)C)cc2nc1N1C[C@@H](C#N)[C@@H](O)C1.Cc1cn2nc([C@@H]3CCCCN3C(=O)c3ccnn3CC(F)(F)F)cc2nc1N1C[C@@H](C#N)[C@@H](C)C1.Cc1cn2nc([C@@H]3CCCCN3C(=O)c3cnc4c(cnn4C(C)C)c3)cc2nc1C1C[C@@H](C#N)[C@@H](O)C1. The topological polar surface area (TPSA) is 423 Å². The minimum Gasteiger partial charge on any atom is -0.497 e. The lowest BCUT2D eigenvalue weighted by Crippen LogP contribution is -2.40. The maximum Gasteiger partial charge on any atom is 0.408 e.